The average molecular weight is 525 g/mol. The lowest BCUT2D eigenvalue weighted by Gasteiger charge is -2.34. The summed E-state index contributed by atoms with van der Waals surface area (Å²) in [5, 5.41) is 1.51. The van der Waals surface area contributed by atoms with Crippen LogP contribution in [0.15, 0.2) is 36.7 Å². The van der Waals surface area contributed by atoms with Gasteiger partial charge in [-0.25, -0.2) is 4.98 Å². The lowest BCUT2D eigenvalue weighted by Crippen LogP contribution is -2.53. The van der Waals surface area contributed by atoms with Gasteiger partial charge in [-0.2, -0.15) is 0 Å². The van der Waals surface area contributed by atoms with Crippen molar-refractivity contribution in [2.75, 3.05) is 38.3 Å². The van der Waals surface area contributed by atoms with E-state index >= 15 is 0 Å². The third kappa shape index (κ3) is 3.84. The number of ether oxygens (including phenoxy) is 1. The number of rotatable bonds is 4. The van der Waals surface area contributed by atoms with E-state index in [0.717, 1.165) is 31.4 Å². The van der Waals surface area contributed by atoms with Crippen molar-refractivity contribution in [3.05, 3.63) is 45.3 Å². The molecular weight excluding hydrogens is 507 g/mol. The quantitative estimate of drug-likeness (QED) is 0.531. The molecule has 3 heterocycles. The number of fused-ring (bicyclic) bond motifs is 1. The van der Waals surface area contributed by atoms with Gasteiger partial charge in [-0.3, -0.25) is 9.59 Å². The molecule has 1 aliphatic rings. The summed E-state index contributed by atoms with van der Waals surface area (Å²) in [6.45, 7) is 0.920. The number of aromatic nitrogens is 2. The third-order valence-corrected chi connectivity index (χ3v) is 6.14. The van der Waals surface area contributed by atoms with Crippen molar-refractivity contribution in [2.24, 2.45) is 0 Å². The first-order valence-electron chi connectivity index (χ1n) is 8.98. The maximum atomic E-state index is 12.7. The molecule has 0 saturated carbocycles. The smallest absolute Gasteiger partial charge is 0.249 e. The molecule has 4 rings (SSSR count). The summed E-state index contributed by atoms with van der Waals surface area (Å²) in [5.74, 6) is -0.306. The molecule has 1 N–H and O–H groups in total. The van der Waals surface area contributed by atoms with Crippen molar-refractivity contribution < 1.29 is 14.3 Å². The van der Waals surface area contributed by atoms with Gasteiger partial charge in [-0.15, -0.1) is 0 Å². The van der Waals surface area contributed by atoms with E-state index in [1.54, 1.807) is 11.1 Å². The summed E-state index contributed by atoms with van der Waals surface area (Å²) in [6, 6.07) is 7.65. The molecule has 1 aromatic carbocycles. The maximum Gasteiger partial charge on any atom is 0.249 e. The number of hydrogen-bond acceptors (Lipinski definition) is 4. The molecule has 0 unspecified atom stereocenters. The lowest BCUT2D eigenvalue weighted by molar-refractivity contribution is -0.139. The van der Waals surface area contributed by atoms with E-state index in [1.807, 2.05) is 30.5 Å². The normalized spacial score (nSPS) is 14.7. The van der Waals surface area contributed by atoms with E-state index in [1.165, 1.54) is 12.0 Å². The number of aromatic amines is 1. The van der Waals surface area contributed by atoms with Crippen molar-refractivity contribution >= 4 is 62.7 Å². The number of piperazine rings is 1. The Bertz CT molecular complexity index is 1100. The SMILES string of the molecule is COCC(=O)N1CCN(c2cccc(-c3cnc4[nH]cc(I)c4c3Cl)c2)C(=O)C1. The Morgan fingerprint density at radius 2 is 2.21 bits per heavy atom. The number of anilines is 1. The van der Waals surface area contributed by atoms with E-state index in [2.05, 4.69) is 32.6 Å². The number of carbonyl (C=O) groups excluding carboxylic acids is 2. The van der Waals surface area contributed by atoms with E-state index in [0.29, 0.717) is 18.1 Å². The topological polar surface area (TPSA) is 78.5 Å². The van der Waals surface area contributed by atoms with Crippen LogP contribution in [0.2, 0.25) is 5.02 Å². The number of halogens is 2. The van der Waals surface area contributed by atoms with Crippen LogP contribution >= 0.6 is 34.2 Å². The van der Waals surface area contributed by atoms with Gasteiger partial charge in [0.15, 0.2) is 0 Å². The zero-order chi connectivity index (χ0) is 20.5. The Morgan fingerprint density at radius 3 is 2.97 bits per heavy atom. The highest BCUT2D eigenvalue weighted by atomic mass is 127. The third-order valence-electron chi connectivity index (χ3n) is 4.90. The molecule has 0 radical (unpaired) electrons. The van der Waals surface area contributed by atoms with Crippen LogP contribution in [0.5, 0.6) is 0 Å². The number of pyridine rings is 1. The Kier molecular flexibility index (Phi) is 5.75. The molecule has 150 valence electrons. The zero-order valence-corrected chi connectivity index (χ0v) is 18.5. The number of carbonyl (C=O) groups is 2. The van der Waals surface area contributed by atoms with Crippen LogP contribution in [-0.4, -0.2) is 60.0 Å². The van der Waals surface area contributed by atoms with Crippen molar-refractivity contribution in [1.29, 1.82) is 0 Å². The zero-order valence-electron chi connectivity index (χ0n) is 15.6. The molecule has 1 saturated heterocycles. The molecule has 0 bridgehead atoms. The second-order valence-corrected chi connectivity index (χ2v) is 8.23. The van der Waals surface area contributed by atoms with Gasteiger partial charge < -0.3 is 19.5 Å². The second-order valence-electron chi connectivity index (χ2n) is 6.69. The summed E-state index contributed by atoms with van der Waals surface area (Å²) in [4.78, 5) is 35.4. The standard InChI is InChI=1S/C20H18ClIN4O3/c1-29-11-17(28)25-5-6-26(16(27)10-25)13-4-2-3-12(7-13)14-8-23-20-18(19(14)21)15(22)9-24-20/h2-4,7-9H,5-6,10-11H2,1H3,(H,23,24). The van der Waals surface area contributed by atoms with Crippen molar-refractivity contribution in [2.45, 2.75) is 0 Å². The van der Waals surface area contributed by atoms with Gasteiger partial charge in [0.1, 0.15) is 18.8 Å². The molecule has 0 atom stereocenters. The molecule has 0 aliphatic carbocycles. The van der Waals surface area contributed by atoms with Gasteiger partial charge in [-0.1, -0.05) is 23.7 Å². The van der Waals surface area contributed by atoms with E-state index < -0.39 is 0 Å². The summed E-state index contributed by atoms with van der Waals surface area (Å²) < 4.78 is 5.88. The molecular formula is C20H18ClIN4O3. The van der Waals surface area contributed by atoms with E-state index in [4.69, 9.17) is 16.3 Å². The first kappa shape index (κ1) is 20.1. The van der Waals surface area contributed by atoms with Crippen LogP contribution in [0, 0.1) is 3.57 Å². The number of hydrogen-bond donors (Lipinski definition) is 1. The lowest BCUT2D eigenvalue weighted by atomic mass is 10.1. The highest BCUT2D eigenvalue weighted by Crippen LogP contribution is 2.36. The van der Waals surface area contributed by atoms with Crippen LogP contribution < -0.4 is 4.90 Å². The molecule has 9 heteroatoms. The van der Waals surface area contributed by atoms with Crippen LogP contribution in [0.25, 0.3) is 22.2 Å². The summed E-state index contributed by atoms with van der Waals surface area (Å²) in [6.07, 6.45) is 3.60. The molecule has 2 aromatic heterocycles. The molecule has 1 fully saturated rings. The molecule has 1 aliphatic heterocycles. The van der Waals surface area contributed by atoms with Gasteiger partial charge in [0.05, 0.1) is 10.4 Å². The largest absolute Gasteiger partial charge is 0.375 e. The van der Waals surface area contributed by atoms with Crippen molar-refractivity contribution in [3.8, 4) is 11.1 Å². The van der Waals surface area contributed by atoms with Crippen LogP contribution in [0.1, 0.15) is 0 Å². The highest BCUT2D eigenvalue weighted by Gasteiger charge is 2.28. The Labute approximate surface area is 186 Å². The molecule has 29 heavy (non-hydrogen) atoms. The van der Waals surface area contributed by atoms with Gasteiger partial charge in [0.25, 0.3) is 0 Å². The Balaban J connectivity index is 1.62. The molecule has 0 spiro atoms. The minimum Gasteiger partial charge on any atom is -0.375 e. The summed E-state index contributed by atoms with van der Waals surface area (Å²) in [7, 11) is 1.47. The van der Waals surface area contributed by atoms with E-state index in [-0.39, 0.29) is 25.0 Å². The van der Waals surface area contributed by atoms with Gasteiger partial charge >= 0.3 is 0 Å². The first-order valence-corrected chi connectivity index (χ1v) is 10.4. The molecule has 2 amide bonds. The summed E-state index contributed by atoms with van der Waals surface area (Å²) in [5.41, 5.74) is 3.20. The van der Waals surface area contributed by atoms with Gasteiger partial charge in [0, 0.05) is 47.4 Å². The Hall–Kier alpha value is -2.17. The van der Waals surface area contributed by atoms with Crippen LogP contribution in [-0.2, 0) is 14.3 Å². The van der Waals surface area contributed by atoms with E-state index in [9.17, 15) is 9.59 Å². The monoisotopic (exact) mass is 524 g/mol. The second kappa shape index (κ2) is 8.29. The number of methoxy groups -OCH3 is 1. The first-order chi connectivity index (χ1) is 14.0. The predicted molar refractivity (Wildman–Crippen MR) is 120 cm³/mol. The minimum absolute atomic E-state index is 0.0192. The number of benzene rings is 1. The minimum atomic E-state index is -0.179. The molecule has 3 aromatic rings. The number of H-pyrrole nitrogens is 1. The fourth-order valence-corrected chi connectivity index (χ4v) is 4.63. The fraction of sp³-hybridized carbons (Fsp3) is 0.250. The van der Waals surface area contributed by atoms with Crippen molar-refractivity contribution in [3.63, 3.8) is 0 Å². The van der Waals surface area contributed by atoms with Gasteiger partial charge in [0.2, 0.25) is 11.8 Å². The van der Waals surface area contributed by atoms with Gasteiger partial charge in [-0.05, 0) is 40.3 Å². The van der Waals surface area contributed by atoms with Crippen molar-refractivity contribution in [1.82, 2.24) is 14.9 Å². The summed E-state index contributed by atoms with van der Waals surface area (Å²) >= 11 is 8.89. The highest BCUT2D eigenvalue weighted by molar-refractivity contribution is 14.1. The number of amides is 2. The number of nitrogens with zero attached hydrogens (tertiary/aromatic N) is 3. The number of nitrogens with one attached hydrogen (secondary N) is 1. The Morgan fingerprint density at radius 1 is 1.38 bits per heavy atom. The average Bonchev–Trinajstić information content (AvgIpc) is 3.10. The van der Waals surface area contributed by atoms with Crippen LogP contribution in [0.4, 0.5) is 5.69 Å². The fourth-order valence-electron chi connectivity index (χ4n) is 3.44. The maximum absolute atomic E-state index is 12.7. The van der Waals surface area contributed by atoms with Crippen LogP contribution in [0.3, 0.4) is 0 Å². The molecule has 7 nitrogen and oxygen atoms in total. The predicted octanol–water partition coefficient (Wildman–Crippen LogP) is 3.31.